The molecular formula is C13H17N3S. The third kappa shape index (κ3) is 2.28. The molecule has 1 aliphatic rings. The molecular weight excluding hydrogens is 230 g/mol. The number of nitrogens with one attached hydrogen (secondary N) is 1. The molecule has 17 heavy (non-hydrogen) atoms. The van der Waals surface area contributed by atoms with Gasteiger partial charge < -0.3 is 10.2 Å². The van der Waals surface area contributed by atoms with E-state index in [0.29, 0.717) is 6.04 Å². The molecule has 0 aromatic carbocycles. The number of hydrogen-bond acceptors (Lipinski definition) is 4. The summed E-state index contributed by atoms with van der Waals surface area (Å²) in [6.45, 7) is 2.38. The maximum absolute atomic E-state index is 4.37. The van der Waals surface area contributed by atoms with Crippen molar-refractivity contribution in [2.75, 3.05) is 25.5 Å². The van der Waals surface area contributed by atoms with Crippen molar-refractivity contribution < 1.29 is 0 Å². The summed E-state index contributed by atoms with van der Waals surface area (Å²) in [6, 6.07) is 4.79. The Morgan fingerprint density at radius 2 is 2.18 bits per heavy atom. The number of thiophene rings is 1. The molecule has 0 atom stereocenters. The van der Waals surface area contributed by atoms with Crippen molar-refractivity contribution >= 4 is 27.2 Å². The summed E-state index contributed by atoms with van der Waals surface area (Å²) >= 11 is 1.77. The van der Waals surface area contributed by atoms with Crippen LogP contribution in [0.15, 0.2) is 23.7 Å². The Labute approximate surface area is 105 Å². The number of aromatic nitrogens is 1. The molecule has 0 amide bonds. The van der Waals surface area contributed by atoms with Gasteiger partial charge in [-0.1, -0.05) is 0 Å². The molecule has 0 radical (unpaired) electrons. The van der Waals surface area contributed by atoms with Gasteiger partial charge in [-0.25, -0.2) is 0 Å². The molecule has 1 saturated heterocycles. The largest absolute Gasteiger partial charge is 0.381 e. The van der Waals surface area contributed by atoms with E-state index in [1.807, 2.05) is 6.20 Å². The van der Waals surface area contributed by atoms with Gasteiger partial charge in [-0.15, -0.1) is 11.3 Å². The number of nitrogens with zero attached hydrogens (tertiary/aromatic N) is 2. The minimum absolute atomic E-state index is 0.610. The van der Waals surface area contributed by atoms with Crippen LogP contribution in [0, 0.1) is 0 Å². The normalized spacial score (nSPS) is 18.6. The zero-order valence-corrected chi connectivity index (χ0v) is 10.8. The Bertz CT molecular complexity index is 500. The van der Waals surface area contributed by atoms with E-state index in [9.17, 15) is 0 Å². The minimum atomic E-state index is 0.610. The fourth-order valence-electron chi connectivity index (χ4n) is 2.36. The molecule has 1 N–H and O–H groups in total. The second-order valence-corrected chi connectivity index (χ2v) is 5.63. The average Bonchev–Trinajstić information content (AvgIpc) is 2.81. The third-order valence-corrected chi connectivity index (χ3v) is 4.36. The van der Waals surface area contributed by atoms with Gasteiger partial charge in [0.2, 0.25) is 0 Å². The van der Waals surface area contributed by atoms with E-state index >= 15 is 0 Å². The predicted octanol–water partition coefficient (Wildman–Crippen LogP) is 2.80. The first-order chi connectivity index (χ1) is 8.33. The van der Waals surface area contributed by atoms with Crippen molar-refractivity contribution in [2.45, 2.75) is 18.9 Å². The highest BCUT2D eigenvalue weighted by molar-refractivity contribution is 7.17. The minimum Gasteiger partial charge on any atom is -0.381 e. The molecule has 3 rings (SSSR count). The van der Waals surface area contributed by atoms with E-state index in [1.165, 1.54) is 36.3 Å². The highest BCUT2D eigenvalue weighted by atomic mass is 32.1. The number of likely N-dealkylation sites (tertiary alicyclic amines) is 1. The van der Waals surface area contributed by atoms with Crippen LogP contribution in [-0.4, -0.2) is 36.1 Å². The van der Waals surface area contributed by atoms with Crippen LogP contribution in [0.5, 0.6) is 0 Å². The van der Waals surface area contributed by atoms with Crippen LogP contribution in [0.4, 0.5) is 5.69 Å². The van der Waals surface area contributed by atoms with Gasteiger partial charge in [0.05, 0.1) is 15.9 Å². The Morgan fingerprint density at radius 3 is 3.00 bits per heavy atom. The molecule has 1 aliphatic heterocycles. The summed E-state index contributed by atoms with van der Waals surface area (Å²) in [5.41, 5.74) is 2.35. The fourth-order valence-corrected chi connectivity index (χ4v) is 3.19. The van der Waals surface area contributed by atoms with Crippen molar-refractivity contribution in [3.05, 3.63) is 23.7 Å². The van der Waals surface area contributed by atoms with Crippen LogP contribution in [0.3, 0.4) is 0 Å². The van der Waals surface area contributed by atoms with Gasteiger partial charge in [0, 0.05) is 12.2 Å². The standard InChI is InChI=1S/C13H17N3S/c1-16-7-3-10(4-8-16)15-12-2-6-14-11-5-9-17-13(11)12/h2,5-6,9-10H,3-4,7-8H2,1H3,(H,14,15). The quantitative estimate of drug-likeness (QED) is 0.884. The molecule has 0 spiro atoms. The van der Waals surface area contributed by atoms with E-state index < -0.39 is 0 Å². The summed E-state index contributed by atoms with van der Waals surface area (Å²) in [4.78, 5) is 6.76. The van der Waals surface area contributed by atoms with Gasteiger partial charge >= 0.3 is 0 Å². The Hall–Kier alpha value is -1.13. The van der Waals surface area contributed by atoms with Gasteiger partial charge in [-0.3, -0.25) is 4.98 Å². The third-order valence-electron chi connectivity index (χ3n) is 3.42. The first-order valence-electron chi connectivity index (χ1n) is 6.10. The van der Waals surface area contributed by atoms with Gasteiger partial charge in [-0.2, -0.15) is 0 Å². The Balaban J connectivity index is 1.78. The first kappa shape index (κ1) is 11.0. The lowest BCUT2D eigenvalue weighted by molar-refractivity contribution is 0.264. The number of piperidine rings is 1. The van der Waals surface area contributed by atoms with Gasteiger partial charge in [0.1, 0.15) is 0 Å². The topological polar surface area (TPSA) is 28.2 Å². The zero-order chi connectivity index (χ0) is 11.7. The second kappa shape index (κ2) is 4.63. The summed E-state index contributed by atoms with van der Waals surface area (Å²) in [7, 11) is 2.19. The lowest BCUT2D eigenvalue weighted by Gasteiger charge is -2.30. The molecule has 90 valence electrons. The molecule has 1 fully saturated rings. The van der Waals surface area contributed by atoms with Crippen LogP contribution in [0.25, 0.3) is 10.2 Å². The highest BCUT2D eigenvalue weighted by Crippen LogP contribution is 2.28. The van der Waals surface area contributed by atoms with Crippen LogP contribution in [0.2, 0.25) is 0 Å². The summed E-state index contributed by atoms with van der Waals surface area (Å²) in [6.07, 6.45) is 4.35. The maximum atomic E-state index is 4.37. The van der Waals surface area contributed by atoms with Crippen LogP contribution >= 0.6 is 11.3 Å². The van der Waals surface area contributed by atoms with Gasteiger partial charge in [0.25, 0.3) is 0 Å². The Morgan fingerprint density at radius 1 is 1.35 bits per heavy atom. The van der Waals surface area contributed by atoms with E-state index in [4.69, 9.17) is 0 Å². The van der Waals surface area contributed by atoms with Crippen molar-refractivity contribution in [1.29, 1.82) is 0 Å². The number of fused-ring (bicyclic) bond motifs is 1. The van der Waals surface area contributed by atoms with Gasteiger partial charge in [0.15, 0.2) is 0 Å². The first-order valence-corrected chi connectivity index (χ1v) is 6.98. The number of pyridine rings is 1. The summed E-state index contributed by atoms with van der Waals surface area (Å²) in [5, 5.41) is 5.78. The molecule has 4 heteroatoms. The molecule has 0 bridgehead atoms. The lowest BCUT2D eigenvalue weighted by atomic mass is 10.1. The smallest absolute Gasteiger partial charge is 0.0830 e. The van der Waals surface area contributed by atoms with E-state index in [1.54, 1.807) is 11.3 Å². The molecule has 2 aromatic rings. The second-order valence-electron chi connectivity index (χ2n) is 4.72. The monoisotopic (exact) mass is 247 g/mol. The van der Waals surface area contributed by atoms with Crippen LogP contribution < -0.4 is 5.32 Å². The highest BCUT2D eigenvalue weighted by Gasteiger charge is 2.17. The summed E-state index contributed by atoms with van der Waals surface area (Å²) < 4.78 is 1.28. The molecule has 0 saturated carbocycles. The van der Waals surface area contributed by atoms with E-state index in [0.717, 1.165) is 5.52 Å². The van der Waals surface area contributed by atoms with Crippen LogP contribution in [-0.2, 0) is 0 Å². The molecule has 3 nitrogen and oxygen atoms in total. The summed E-state index contributed by atoms with van der Waals surface area (Å²) in [5.74, 6) is 0. The van der Waals surface area contributed by atoms with E-state index in [2.05, 4.69) is 39.8 Å². The average molecular weight is 247 g/mol. The van der Waals surface area contributed by atoms with Crippen molar-refractivity contribution in [2.24, 2.45) is 0 Å². The number of anilines is 1. The number of hydrogen-bond donors (Lipinski definition) is 1. The molecule has 0 unspecified atom stereocenters. The van der Waals surface area contributed by atoms with Crippen molar-refractivity contribution in [3.63, 3.8) is 0 Å². The molecule has 0 aliphatic carbocycles. The molecule has 3 heterocycles. The van der Waals surface area contributed by atoms with Crippen molar-refractivity contribution in [3.8, 4) is 0 Å². The number of rotatable bonds is 2. The SMILES string of the molecule is CN1CCC(Nc2ccnc3ccsc23)CC1. The van der Waals surface area contributed by atoms with Crippen molar-refractivity contribution in [1.82, 2.24) is 9.88 Å². The maximum Gasteiger partial charge on any atom is 0.0830 e. The Kier molecular flexibility index (Phi) is 2.99. The van der Waals surface area contributed by atoms with E-state index in [-0.39, 0.29) is 0 Å². The predicted molar refractivity (Wildman–Crippen MR) is 73.8 cm³/mol. The van der Waals surface area contributed by atoms with Gasteiger partial charge in [-0.05, 0) is 50.5 Å². The van der Waals surface area contributed by atoms with Crippen LogP contribution in [0.1, 0.15) is 12.8 Å². The fraction of sp³-hybridized carbons (Fsp3) is 0.462. The zero-order valence-electron chi connectivity index (χ0n) is 10.0. The lowest BCUT2D eigenvalue weighted by Crippen LogP contribution is -2.36. The molecule has 2 aromatic heterocycles.